The van der Waals surface area contributed by atoms with Gasteiger partial charge < -0.3 is 30.2 Å². The van der Waals surface area contributed by atoms with Crippen molar-refractivity contribution in [2.24, 2.45) is 11.3 Å². The van der Waals surface area contributed by atoms with E-state index in [1.807, 2.05) is 19.1 Å². The summed E-state index contributed by atoms with van der Waals surface area (Å²) in [7, 11) is 2.51. The van der Waals surface area contributed by atoms with Crippen LogP contribution in [0.1, 0.15) is 153 Å². The second-order valence-corrected chi connectivity index (χ2v) is 19.1. The average Bonchev–Trinajstić information content (AvgIpc) is 3.35. The lowest BCUT2D eigenvalue weighted by Crippen LogP contribution is -2.49. The number of hydrogen-bond acceptors (Lipinski definition) is 9. The van der Waals surface area contributed by atoms with Gasteiger partial charge in [0.25, 0.3) is 11.8 Å². The summed E-state index contributed by atoms with van der Waals surface area (Å²) in [6.07, 6.45) is 18.3. The van der Waals surface area contributed by atoms with Gasteiger partial charge >= 0.3 is 11.8 Å². The molecule has 3 aromatic carbocycles. The van der Waals surface area contributed by atoms with E-state index in [2.05, 4.69) is 73.6 Å². The van der Waals surface area contributed by atoms with Gasteiger partial charge in [-0.15, -0.1) is 0 Å². The Morgan fingerprint density at radius 3 is 1.90 bits per heavy atom. The Labute approximate surface area is 406 Å². The number of halogens is 1. The summed E-state index contributed by atoms with van der Waals surface area (Å²) in [6, 6.07) is 16.5. The molecule has 0 atom stereocenters. The lowest BCUT2D eigenvalue weighted by molar-refractivity contribution is -0.116. The zero-order chi connectivity index (χ0) is 49.6. The van der Waals surface area contributed by atoms with E-state index >= 15 is 4.39 Å². The summed E-state index contributed by atoms with van der Waals surface area (Å²) in [5.74, 6) is -1.28. The molecule has 2 amide bonds. The van der Waals surface area contributed by atoms with Crippen LogP contribution in [0, 0.1) is 33.4 Å². The number of hydrogen-bond donors (Lipinski definition) is 6. The van der Waals surface area contributed by atoms with E-state index in [1.165, 1.54) is 71.1 Å². The molecule has 6 N–H and O–H groups in total. The molecule has 4 rings (SSSR count). The molecule has 0 bridgehead atoms. The number of ether oxygens (including phenoxy) is 3. The van der Waals surface area contributed by atoms with Crippen molar-refractivity contribution in [3.8, 4) is 22.3 Å². The smallest absolute Gasteiger partial charge is 0.306 e. The lowest BCUT2D eigenvalue weighted by atomic mass is 9.77. The summed E-state index contributed by atoms with van der Waals surface area (Å²) in [6.45, 7) is 14.7. The zero-order valence-corrected chi connectivity index (χ0v) is 42.2. The number of anilines is 1. The van der Waals surface area contributed by atoms with Crippen LogP contribution in [-0.4, -0.2) is 70.0 Å². The Hall–Kier alpha value is -5.52. The maximum absolute atomic E-state index is 16.9. The fraction of sp³-hybridized carbons (Fsp3) is 0.554. The molecule has 0 spiro atoms. The topological polar surface area (TPSA) is 169 Å². The van der Waals surface area contributed by atoms with E-state index in [-0.39, 0.29) is 38.0 Å². The number of rotatable bonds is 26. The number of methoxy groups -OCH3 is 2. The van der Waals surface area contributed by atoms with Gasteiger partial charge in [-0.25, -0.2) is 4.39 Å². The van der Waals surface area contributed by atoms with Gasteiger partial charge in [-0.3, -0.25) is 25.8 Å². The van der Waals surface area contributed by atoms with Gasteiger partial charge in [0.1, 0.15) is 5.82 Å². The molecular weight excluding hydrogens is 856 g/mol. The van der Waals surface area contributed by atoms with Gasteiger partial charge in [0, 0.05) is 41.9 Å². The summed E-state index contributed by atoms with van der Waals surface area (Å²) >= 11 is 0. The van der Waals surface area contributed by atoms with Crippen LogP contribution in [0.25, 0.3) is 22.3 Å². The van der Waals surface area contributed by atoms with E-state index in [0.717, 1.165) is 83.5 Å². The standard InChI is InChI=1S/C56H81FN6O5/c1-9-12-14-15-17-21-47-45(11-3)48(46-31-30-43(34-49(46)57)42-28-26-41(27-29-42)40-24-22-39(23-25-40)19-16-13-10-2)33-44(20-18-32-68-51(58)38(4)5)50(47)61-35-56(6,36-62-54(64)52(59)66-7)37-63-55(65)53(60)67-8/h26-31,33-34,39-40,58-61H,4,9-25,32,35-37H2,1-3,5-8H3,(H,62,64)(H,63,65). The number of carbonyl (C=O) groups is 2. The molecule has 0 saturated heterocycles. The summed E-state index contributed by atoms with van der Waals surface area (Å²) in [4.78, 5) is 25.5. The van der Waals surface area contributed by atoms with E-state index in [9.17, 15) is 9.59 Å². The number of unbranched alkanes of at least 4 members (excludes halogenated alkanes) is 6. The molecule has 0 unspecified atom stereocenters. The second-order valence-electron chi connectivity index (χ2n) is 19.1. The molecule has 0 aliphatic heterocycles. The normalized spacial score (nSPS) is 15.4. The maximum atomic E-state index is 16.9. The summed E-state index contributed by atoms with van der Waals surface area (Å²) < 4.78 is 32.3. The first-order chi connectivity index (χ1) is 32.7. The molecule has 1 fully saturated rings. The zero-order valence-electron chi connectivity index (χ0n) is 42.2. The van der Waals surface area contributed by atoms with Crippen LogP contribution in [0.2, 0.25) is 0 Å². The van der Waals surface area contributed by atoms with Gasteiger partial charge in [-0.2, -0.15) is 0 Å². The summed E-state index contributed by atoms with van der Waals surface area (Å²) in [5, 5.41) is 33.3. The highest BCUT2D eigenvalue weighted by Crippen LogP contribution is 2.41. The second kappa shape index (κ2) is 28.1. The van der Waals surface area contributed by atoms with E-state index in [0.29, 0.717) is 36.3 Å². The average molecular weight is 937 g/mol. The Morgan fingerprint density at radius 2 is 1.32 bits per heavy atom. The van der Waals surface area contributed by atoms with Crippen molar-refractivity contribution < 1.29 is 28.2 Å². The first kappa shape index (κ1) is 55.1. The first-order valence-electron chi connectivity index (χ1n) is 25.2. The molecule has 68 heavy (non-hydrogen) atoms. The highest BCUT2D eigenvalue weighted by Gasteiger charge is 2.30. The SMILES string of the molecule is C=C(C)C(=N)OCCCc1cc(-c2ccc(-c3ccc(C4CCC(CCCCC)CC4)cc3)cc2F)c(CC)c(CCCCCCC)c1NCC(C)(CNC(=O)C(=N)OC)CNC(=O)C(=N)OC. The van der Waals surface area contributed by atoms with E-state index in [4.69, 9.17) is 30.4 Å². The first-order valence-corrected chi connectivity index (χ1v) is 25.2. The molecule has 1 aliphatic carbocycles. The van der Waals surface area contributed by atoms with Crippen molar-refractivity contribution in [1.29, 1.82) is 16.2 Å². The molecule has 1 saturated carbocycles. The Balaban J connectivity index is 1.74. The number of carbonyl (C=O) groups excluding carboxylic acids is 2. The van der Waals surface area contributed by atoms with Crippen LogP contribution < -0.4 is 16.0 Å². The van der Waals surface area contributed by atoms with Gasteiger partial charge in [0.2, 0.25) is 5.90 Å². The Kier molecular flexibility index (Phi) is 22.8. The van der Waals surface area contributed by atoms with Crippen LogP contribution in [0.5, 0.6) is 0 Å². The van der Waals surface area contributed by atoms with Crippen molar-refractivity contribution >= 4 is 35.2 Å². The molecule has 3 aromatic rings. The predicted octanol–water partition coefficient (Wildman–Crippen LogP) is 12.5. The fourth-order valence-electron chi connectivity index (χ4n) is 9.39. The Bertz CT molecular complexity index is 2130. The van der Waals surface area contributed by atoms with Crippen molar-refractivity contribution in [2.45, 2.75) is 150 Å². The van der Waals surface area contributed by atoms with Crippen molar-refractivity contribution in [1.82, 2.24) is 10.6 Å². The van der Waals surface area contributed by atoms with Crippen LogP contribution in [0.15, 0.2) is 60.7 Å². The van der Waals surface area contributed by atoms with Crippen molar-refractivity contribution in [3.63, 3.8) is 0 Å². The highest BCUT2D eigenvalue weighted by atomic mass is 19.1. The number of aryl methyl sites for hydroxylation is 1. The monoisotopic (exact) mass is 937 g/mol. The lowest BCUT2D eigenvalue weighted by Gasteiger charge is -2.32. The molecule has 0 radical (unpaired) electrons. The van der Waals surface area contributed by atoms with Crippen molar-refractivity contribution in [3.05, 3.63) is 88.8 Å². The molecule has 0 heterocycles. The van der Waals surface area contributed by atoms with Gasteiger partial charge in [-0.1, -0.05) is 122 Å². The molecule has 372 valence electrons. The van der Waals surface area contributed by atoms with Crippen LogP contribution >= 0.6 is 0 Å². The Morgan fingerprint density at radius 1 is 0.721 bits per heavy atom. The molecule has 1 aliphatic rings. The van der Waals surface area contributed by atoms with E-state index < -0.39 is 29.0 Å². The number of nitrogens with one attached hydrogen (secondary N) is 6. The van der Waals surface area contributed by atoms with Gasteiger partial charge in [0.15, 0.2) is 0 Å². The van der Waals surface area contributed by atoms with E-state index in [1.54, 1.807) is 13.0 Å². The van der Waals surface area contributed by atoms with Crippen LogP contribution in [-0.2, 0) is 43.1 Å². The molecule has 0 aromatic heterocycles. The van der Waals surface area contributed by atoms with Gasteiger partial charge in [-0.05, 0) is 128 Å². The maximum Gasteiger partial charge on any atom is 0.306 e. The largest absolute Gasteiger partial charge is 0.478 e. The van der Waals surface area contributed by atoms with Gasteiger partial charge in [0.05, 0.1) is 20.8 Å². The minimum Gasteiger partial charge on any atom is -0.478 e. The number of benzene rings is 3. The minimum absolute atomic E-state index is 0.0400. The quantitative estimate of drug-likeness (QED) is 0.0266. The van der Waals surface area contributed by atoms with Crippen molar-refractivity contribution in [2.75, 3.05) is 45.8 Å². The predicted molar refractivity (Wildman–Crippen MR) is 277 cm³/mol. The summed E-state index contributed by atoms with van der Waals surface area (Å²) in [5.41, 5.74) is 8.31. The molecular formula is C56H81FN6O5. The molecule has 11 nitrogen and oxygen atoms in total. The fourth-order valence-corrected chi connectivity index (χ4v) is 9.39. The minimum atomic E-state index is -0.832. The van der Waals surface area contributed by atoms with Crippen LogP contribution in [0.3, 0.4) is 0 Å². The highest BCUT2D eigenvalue weighted by molar-refractivity contribution is 6.34. The van der Waals surface area contributed by atoms with Crippen LogP contribution in [0.4, 0.5) is 10.1 Å². The third-order valence-corrected chi connectivity index (χ3v) is 13.6. The third-order valence-electron chi connectivity index (χ3n) is 13.6. The molecule has 12 heteroatoms. The number of amides is 2. The third kappa shape index (κ3) is 16.3.